The molecule has 0 aliphatic carbocycles. The summed E-state index contributed by atoms with van der Waals surface area (Å²) in [4.78, 5) is 16.8. The van der Waals surface area contributed by atoms with Crippen LogP contribution in [-0.2, 0) is 14.8 Å². The van der Waals surface area contributed by atoms with E-state index in [1.807, 2.05) is 11.8 Å². The van der Waals surface area contributed by atoms with E-state index >= 15 is 0 Å². The van der Waals surface area contributed by atoms with Gasteiger partial charge in [-0.2, -0.15) is 0 Å². The van der Waals surface area contributed by atoms with Crippen molar-refractivity contribution in [3.05, 3.63) is 90.2 Å². The highest BCUT2D eigenvalue weighted by Gasteiger charge is 2.30. The molecular weight excluding hydrogens is 441 g/mol. The molecule has 1 saturated heterocycles. The first-order valence-corrected chi connectivity index (χ1v) is 12.2. The zero-order valence-corrected chi connectivity index (χ0v) is 19.2. The molecule has 0 N–H and O–H groups in total. The fraction of sp³-hybridized carbons (Fsp3) is 0.240. The van der Waals surface area contributed by atoms with Gasteiger partial charge in [0.2, 0.25) is 5.91 Å². The minimum atomic E-state index is -3.94. The molecule has 0 saturated carbocycles. The molecule has 1 amide bonds. The van der Waals surface area contributed by atoms with Gasteiger partial charge in [0.1, 0.15) is 12.4 Å². The Bertz CT molecular complexity index is 1210. The summed E-state index contributed by atoms with van der Waals surface area (Å²) in [5, 5.41) is 0. The number of rotatable bonds is 6. The van der Waals surface area contributed by atoms with E-state index in [2.05, 4.69) is 0 Å². The number of hydrogen-bond donors (Lipinski definition) is 0. The van der Waals surface area contributed by atoms with Crippen molar-refractivity contribution >= 4 is 27.3 Å². The van der Waals surface area contributed by atoms with E-state index in [1.165, 1.54) is 6.07 Å². The normalized spacial score (nSPS) is 14.2. The van der Waals surface area contributed by atoms with E-state index in [4.69, 9.17) is 0 Å². The number of hydrogen-bond acceptors (Lipinski definition) is 4. The van der Waals surface area contributed by atoms with Crippen molar-refractivity contribution in [2.24, 2.45) is 0 Å². The van der Waals surface area contributed by atoms with Crippen LogP contribution in [0.25, 0.3) is 0 Å². The molecule has 1 aliphatic rings. The molecule has 0 unspecified atom stereocenters. The summed E-state index contributed by atoms with van der Waals surface area (Å²) < 4.78 is 42.2. The van der Waals surface area contributed by atoms with E-state index in [0.717, 1.165) is 9.87 Å². The van der Waals surface area contributed by atoms with Crippen LogP contribution in [-0.4, -0.2) is 51.9 Å². The molecule has 33 heavy (non-hydrogen) atoms. The topological polar surface area (TPSA) is 60.9 Å². The lowest BCUT2D eigenvalue weighted by Gasteiger charge is -2.37. The number of anilines is 2. The molecule has 0 radical (unpaired) electrons. The van der Waals surface area contributed by atoms with Crippen LogP contribution >= 0.6 is 0 Å². The molecule has 172 valence electrons. The highest BCUT2D eigenvalue weighted by Crippen LogP contribution is 2.25. The molecule has 0 atom stereocenters. The van der Waals surface area contributed by atoms with Crippen LogP contribution in [0.15, 0.2) is 83.8 Å². The number of halogens is 1. The molecule has 1 aliphatic heterocycles. The molecule has 8 heteroatoms. The molecule has 3 aromatic carbocycles. The summed E-state index contributed by atoms with van der Waals surface area (Å²) in [5.41, 5.74) is 1.89. The van der Waals surface area contributed by atoms with Gasteiger partial charge in [0.25, 0.3) is 10.0 Å². The lowest BCUT2D eigenvalue weighted by molar-refractivity contribution is -0.129. The van der Waals surface area contributed by atoms with Crippen LogP contribution < -0.4 is 9.21 Å². The maximum absolute atomic E-state index is 14.1. The molecule has 0 spiro atoms. The predicted molar refractivity (Wildman–Crippen MR) is 127 cm³/mol. The van der Waals surface area contributed by atoms with Gasteiger partial charge in [-0.3, -0.25) is 9.10 Å². The Labute approximate surface area is 193 Å². The number of carbonyl (C=O) groups excluding carboxylic acids is 1. The van der Waals surface area contributed by atoms with E-state index < -0.39 is 10.0 Å². The van der Waals surface area contributed by atoms with Gasteiger partial charge in [-0.15, -0.1) is 0 Å². The first-order valence-electron chi connectivity index (χ1n) is 10.8. The van der Waals surface area contributed by atoms with Crippen molar-refractivity contribution in [3.8, 4) is 0 Å². The summed E-state index contributed by atoms with van der Waals surface area (Å²) >= 11 is 0. The van der Waals surface area contributed by atoms with Crippen LogP contribution in [0.1, 0.15) is 5.56 Å². The van der Waals surface area contributed by atoms with Gasteiger partial charge >= 0.3 is 0 Å². The highest BCUT2D eigenvalue weighted by molar-refractivity contribution is 7.92. The van der Waals surface area contributed by atoms with Gasteiger partial charge in [0, 0.05) is 26.2 Å². The predicted octanol–water partition coefficient (Wildman–Crippen LogP) is 3.68. The first kappa shape index (κ1) is 22.8. The third-order valence-corrected chi connectivity index (χ3v) is 7.55. The molecule has 6 nitrogen and oxygen atoms in total. The van der Waals surface area contributed by atoms with Gasteiger partial charge in [0.15, 0.2) is 0 Å². The second-order valence-electron chi connectivity index (χ2n) is 7.98. The number of benzene rings is 3. The molecule has 1 heterocycles. The van der Waals surface area contributed by atoms with Crippen LogP contribution in [0.5, 0.6) is 0 Å². The SMILES string of the molecule is Cc1ccc(S(=O)(=O)N(CC(=O)N2CCN(c3ccccc3F)CC2)c2ccccc2)cc1. The lowest BCUT2D eigenvalue weighted by atomic mass is 10.2. The minimum absolute atomic E-state index is 0.133. The maximum Gasteiger partial charge on any atom is 0.264 e. The molecule has 4 rings (SSSR count). The second-order valence-corrected chi connectivity index (χ2v) is 9.84. The van der Waals surface area contributed by atoms with E-state index in [0.29, 0.717) is 37.6 Å². The summed E-state index contributed by atoms with van der Waals surface area (Å²) in [6.45, 7) is 3.31. The van der Waals surface area contributed by atoms with Crippen LogP contribution in [0.3, 0.4) is 0 Å². The molecule has 0 aromatic heterocycles. The summed E-state index contributed by atoms with van der Waals surface area (Å²) in [6, 6.07) is 21.8. The first-order chi connectivity index (χ1) is 15.9. The van der Waals surface area contributed by atoms with Crippen molar-refractivity contribution in [1.29, 1.82) is 0 Å². The van der Waals surface area contributed by atoms with Crippen molar-refractivity contribution in [1.82, 2.24) is 4.90 Å². The maximum atomic E-state index is 14.1. The number of piperazine rings is 1. The number of sulfonamides is 1. The monoisotopic (exact) mass is 467 g/mol. The Hall–Kier alpha value is -3.39. The zero-order valence-electron chi connectivity index (χ0n) is 18.4. The number of amides is 1. The van der Waals surface area contributed by atoms with Gasteiger partial charge in [-0.05, 0) is 43.3 Å². The van der Waals surface area contributed by atoms with Crippen LogP contribution in [0.2, 0.25) is 0 Å². The van der Waals surface area contributed by atoms with E-state index in [9.17, 15) is 17.6 Å². The standard InChI is InChI=1S/C25H26FN3O3S/c1-20-11-13-22(14-12-20)33(31,32)29(21-7-3-2-4-8-21)19-25(30)28-17-15-27(16-18-28)24-10-6-5-9-23(24)26/h2-14H,15-19H2,1H3. The molecule has 1 fully saturated rings. The fourth-order valence-corrected chi connectivity index (χ4v) is 5.29. The summed E-state index contributed by atoms with van der Waals surface area (Å²) in [7, 11) is -3.94. The smallest absolute Gasteiger partial charge is 0.264 e. The van der Waals surface area contributed by atoms with Crippen molar-refractivity contribution < 1.29 is 17.6 Å². The Kier molecular flexibility index (Phi) is 6.65. The average Bonchev–Trinajstić information content (AvgIpc) is 2.83. The molecule has 0 bridgehead atoms. The van der Waals surface area contributed by atoms with Gasteiger partial charge in [-0.25, -0.2) is 12.8 Å². The number of nitrogens with zero attached hydrogens (tertiary/aromatic N) is 3. The number of para-hydroxylation sites is 2. The van der Waals surface area contributed by atoms with Crippen molar-refractivity contribution in [3.63, 3.8) is 0 Å². The highest BCUT2D eigenvalue weighted by atomic mass is 32.2. The van der Waals surface area contributed by atoms with Crippen LogP contribution in [0.4, 0.5) is 15.8 Å². The Balaban J connectivity index is 1.52. The quantitative estimate of drug-likeness (QED) is 0.555. The van der Waals surface area contributed by atoms with Crippen molar-refractivity contribution in [2.45, 2.75) is 11.8 Å². The molecule has 3 aromatic rings. The van der Waals surface area contributed by atoms with E-state index in [1.54, 1.807) is 77.7 Å². The fourth-order valence-electron chi connectivity index (χ4n) is 3.87. The Morgan fingerprint density at radius 1 is 0.879 bits per heavy atom. The second kappa shape index (κ2) is 9.62. The number of carbonyl (C=O) groups is 1. The minimum Gasteiger partial charge on any atom is -0.366 e. The third kappa shape index (κ3) is 5.01. The largest absolute Gasteiger partial charge is 0.366 e. The zero-order chi connectivity index (χ0) is 23.4. The van der Waals surface area contributed by atoms with Gasteiger partial charge in [0.05, 0.1) is 16.3 Å². The number of aryl methyl sites for hydroxylation is 1. The summed E-state index contributed by atoms with van der Waals surface area (Å²) in [5.74, 6) is -0.584. The third-order valence-electron chi connectivity index (χ3n) is 5.76. The molecular formula is C25H26FN3O3S. The lowest BCUT2D eigenvalue weighted by Crippen LogP contribution is -2.52. The van der Waals surface area contributed by atoms with E-state index in [-0.39, 0.29) is 23.2 Å². The van der Waals surface area contributed by atoms with Gasteiger partial charge in [-0.1, -0.05) is 48.0 Å². The van der Waals surface area contributed by atoms with Gasteiger partial charge < -0.3 is 9.80 Å². The Morgan fingerprint density at radius 3 is 2.12 bits per heavy atom. The average molecular weight is 468 g/mol. The Morgan fingerprint density at radius 2 is 1.48 bits per heavy atom. The summed E-state index contributed by atoms with van der Waals surface area (Å²) in [6.07, 6.45) is 0. The van der Waals surface area contributed by atoms with Crippen LogP contribution in [0, 0.1) is 12.7 Å². The van der Waals surface area contributed by atoms with Crippen molar-refractivity contribution in [2.75, 3.05) is 41.9 Å².